The fourth-order valence-corrected chi connectivity index (χ4v) is 0.917. The Bertz CT molecular complexity index is 254. The molecular formula is C5H7BrN4O. The minimum absolute atomic E-state index is 0.324. The first-order valence-electron chi connectivity index (χ1n) is 2.81. The lowest BCUT2D eigenvalue weighted by atomic mass is 10.6. The molecule has 0 bridgehead atoms. The summed E-state index contributed by atoms with van der Waals surface area (Å²) in [7, 11) is 1.52. The topological polar surface area (TPSA) is 73.1 Å². The highest BCUT2D eigenvalue weighted by molar-refractivity contribution is 9.10. The molecule has 60 valence electrons. The van der Waals surface area contributed by atoms with E-state index in [-0.39, 0.29) is 0 Å². The van der Waals surface area contributed by atoms with E-state index in [1.165, 1.54) is 7.11 Å². The van der Waals surface area contributed by atoms with E-state index in [0.29, 0.717) is 16.3 Å². The van der Waals surface area contributed by atoms with Gasteiger partial charge in [0.25, 0.3) is 0 Å². The number of nitrogens with zero attached hydrogens (tertiary/aromatic N) is 2. The summed E-state index contributed by atoms with van der Waals surface area (Å²) in [4.78, 5) is 7.72. The molecule has 1 heterocycles. The van der Waals surface area contributed by atoms with Gasteiger partial charge in [0.1, 0.15) is 0 Å². The van der Waals surface area contributed by atoms with Crippen LogP contribution < -0.4 is 16.0 Å². The first kappa shape index (κ1) is 8.22. The number of nitrogens with one attached hydrogen (secondary N) is 1. The molecule has 0 fully saturated rings. The van der Waals surface area contributed by atoms with Crippen molar-refractivity contribution < 1.29 is 4.74 Å². The predicted octanol–water partition coefficient (Wildman–Crippen LogP) is 0.533. The smallest absolute Gasteiger partial charge is 0.240 e. The minimum atomic E-state index is 0.324. The fourth-order valence-electron chi connectivity index (χ4n) is 0.564. The SMILES string of the molecule is COc1nc(NN)ncc1Br. The molecule has 0 aliphatic carbocycles. The summed E-state index contributed by atoms with van der Waals surface area (Å²) in [5.74, 6) is 5.85. The number of hydrazine groups is 1. The summed E-state index contributed by atoms with van der Waals surface area (Å²) in [5, 5.41) is 0. The van der Waals surface area contributed by atoms with Gasteiger partial charge in [0.2, 0.25) is 11.8 Å². The number of rotatable bonds is 2. The molecule has 0 saturated heterocycles. The summed E-state index contributed by atoms with van der Waals surface area (Å²) in [6.07, 6.45) is 1.56. The van der Waals surface area contributed by atoms with Gasteiger partial charge in [0.15, 0.2) is 0 Å². The highest BCUT2D eigenvalue weighted by Gasteiger charge is 2.02. The number of aromatic nitrogens is 2. The molecule has 0 unspecified atom stereocenters. The Morgan fingerprint density at radius 2 is 2.45 bits per heavy atom. The van der Waals surface area contributed by atoms with E-state index in [2.05, 4.69) is 31.3 Å². The van der Waals surface area contributed by atoms with E-state index in [9.17, 15) is 0 Å². The monoisotopic (exact) mass is 218 g/mol. The Balaban J connectivity index is 3.02. The zero-order valence-electron chi connectivity index (χ0n) is 5.84. The second-order valence-electron chi connectivity index (χ2n) is 1.70. The quantitative estimate of drug-likeness (QED) is 0.560. The van der Waals surface area contributed by atoms with Crippen LogP contribution >= 0.6 is 15.9 Å². The van der Waals surface area contributed by atoms with Gasteiger partial charge in [-0.15, -0.1) is 0 Å². The van der Waals surface area contributed by atoms with Crippen LogP contribution in [-0.4, -0.2) is 17.1 Å². The normalized spacial score (nSPS) is 9.36. The predicted molar refractivity (Wildman–Crippen MR) is 44.1 cm³/mol. The third kappa shape index (κ3) is 1.78. The van der Waals surface area contributed by atoms with Crippen molar-refractivity contribution >= 4 is 21.9 Å². The van der Waals surface area contributed by atoms with Gasteiger partial charge < -0.3 is 4.74 Å². The van der Waals surface area contributed by atoms with E-state index in [1.807, 2.05) is 0 Å². The average molecular weight is 219 g/mol. The van der Waals surface area contributed by atoms with E-state index < -0.39 is 0 Å². The molecule has 0 aliphatic heterocycles. The van der Waals surface area contributed by atoms with Crippen LogP contribution in [-0.2, 0) is 0 Å². The molecule has 0 saturated carbocycles. The zero-order chi connectivity index (χ0) is 8.27. The van der Waals surface area contributed by atoms with Crippen LogP contribution in [0.4, 0.5) is 5.95 Å². The van der Waals surface area contributed by atoms with Gasteiger partial charge in [-0.2, -0.15) is 4.98 Å². The first-order valence-corrected chi connectivity index (χ1v) is 3.60. The van der Waals surface area contributed by atoms with Crippen molar-refractivity contribution in [2.75, 3.05) is 12.5 Å². The maximum absolute atomic E-state index is 5.08. The molecule has 5 nitrogen and oxygen atoms in total. The zero-order valence-corrected chi connectivity index (χ0v) is 7.42. The molecule has 0 aliphatic rings. The van der Waals surface area contributed by atoms with Crippen molar-refractivity contribution in [1.82, 2.24) is 9.97 Å². The largest absolute Gasteiger partial charge is 0.480 e. The highest BCUT2D eigenvalue weighted by Crippen LogP contribution is 2.21. The molecular weight excluding hydrogens is 212 g/mol. The highest BCUT2D eigenvalue weighted by atomic mass is 79.9. The molecule has 0 spiro atoms. The molecule has 1 aromatic rings. The Morgan fingerprint density at radius 3 is 3.00 bits per heavy atom. The number of ether oxygens (including phenoxy) is 1. The summed E-state index contributed by atoms with van der Waals surface area (Å²) in [6.45, 7) is 0. The van der Waals surface area contributed by atoms with Crippen molar-refractivity contribution in [3.63, 3.8) is 0 Å². The number of hydrogen-bond donors (Lipinski definition) is 2. The van der Waals surface area contributed by atoms with E-state index >= 15 is 0 Å². The van der Waals surface area contributed by atoms with Gasteiger partial charge in [0.05, 0.1) is 17.8 Å². The van der Waals surface area contributed by atoms with Crippen molar-refractivity contribution in [1.29, 1.82) is 0 Å². The van der Waals surface area contributed by atoms with E-state index in [0.717, 1.165) is 0 Å². The van der Waals surface area contributed by atoms with Crippen LogP contribution in [0.5, 0.6) is 5.88 Å². The van der Waals surface area contributed by atoms with Crippen molar-refractivity contribution in [2.45, 2.75) is 0 Å². The van der Waals surface area contributed by atoms with E-state index in [1.54, 1.807) is 6.20 Å². The van der Waals surface area contributed by atoms with Gasteiger partial charge in [-0.1, -0.05) is 0 Å². The molecule has 3 N–H and O–H groups in total. The second kappa shape index (κ2) is 3.49. The number of hydrogen-bond acceptors (Lipinski definition) is 5. The fraction of sp³-hybridized carbons (Fsp3) is 0.200. The lowest BCUT2D eigenvalue weighted by Crippen LogP contribution is -2.10. The molecule has 6 heteroatoms. The first-order chi connectivity index (χ1) is 5.27. The van der Waals surface area contributed by atoms with Crippen LogP contribution in [0, 0.1) is 0 Å². The van der Waals surface area contributed by atoms with Gasteiger partial charge in [-0.3, -0.25) is 5.43 Å². The number of methoxy groups -OCH3 is 1. The van der Waals surface area contributed by atoms with Crippen LogP contribution in [0.15, 0.2) is 10.7 Å². The van der Waals surface area contributed by atoms with Crippen molar-refractivity contribution in [2.24, 2.45) is 5.84 Å². The third-order valence-corrected chi connectivity index (χ3v) is 1.58. The van der Waals surface area contributed by atoms with Gasteiger partial charge in [0, 0.05) is 0 Å². The van der Waals surface area contributed by atoms with Gasteiger partial charge >= 0.3 is 0 Å². The lowest BCUT2D eigenvalue weighted by molar-refractivity contribution is 0.394. The Labute approximate surface area is 72.1 Å². The number of anilines is 1. The summed E-state index contributed by atoms with van der Waals surface area (Å²) < 4.78 is 5.59. The average Bonchev–Trinajstić information content (AvgIpc) is 2.05. The molecule has 1 rings (SSSR count). The molecule has 11 heavy (non-hydrogen) atoms. The number of nitrogens with two attached hydrogens (primary N) is 1. The maximum Gasteiger partial charge on any atom is 0.240 e. The maximum atomic E-state index is 5.08. The lowest BCUT2D eigenvalue weighted by Gasteiger charge is -2.02. The molecule has 1 aromatic heterocycles. The van der Waals surface area contributed by atoms with Crippen LogP contribution in [0.1, 0.15) is 0 Å². The van der Waals surface area contributed by atoms with Crippen LogP contribution in [0.3, 0.4) is 0 Å². The Hall–Kier alpha value is -0.880. The summed E-state index contributed by atoms with van der Waals surface area (Å²) in [5.41, 5.74) is 2.31. The number of nitrogen functional groups attached to an aromatic ring is 1. The van der Waals surface area contributed by atoms with Crippen molar-refractivity contribution in [3.8, 4) is 5.88 Å². The van der Waals surface area contributed by atoms with Crippen molar-refractivity contribution in [3.05, 3.63) is 10.7 Å². The van der Waals surface area contributed by atoms with Gasteiger partial charge in [-0.25, -0.2) is 10.8 Å². The number of halogens is 1. The Kier molecular flexibility index (Phi) is 2.61. The summed E-state index contributed by atoms with van der Waals surface area (Å²) >= 11 is 3.20. The second-order valence-corrected chi connectivity index (χ2v) is 2.55. The third-order valence-electron chi connectivity index (χ3n) is 1.03. The van der Waals surface area contributed by atoms with Gasteiger partial charge in [-0.05, 0) is 15.9 Å². The Morgan fingerprint density at radius 1 is 1.73 bits per heavy atom. The summed E-state index contributed by atoms with van der Waals surface area (Å²) in [6, 6.07) is 0. The molecule has 0 aromatic carbocycles. The minimum Gasteiger partial charge on any atom is -0.480 e. The van der Waals surface area contributed by atoms with Crippen LogP contribution in [0.25, 0.3) is 0 Å². The van der Waals surface area contributed by atoms with Crippen LogP contribution in [0.2, 0.25) is 0 Å². The van der Waals surface area contributed by atoms with E-state index in [4.69, 9.17) is 10.6 Å². The molecule has 0 atom stereocenters. The molecule has 0 radical (unpaired) electrons. The standard InChI is InChI=1S/C5H7BrN4O/c1-11-4-3(6)2-8-5(9-4)10-7/h2H,7H2,1H3,(H,8,9,10). The molecule has 0 amide bonds.